The molecule has 1 N–H and O–H groups in total. The van der Waals surface area contributed by atoms with Crippen molar-refractivity contribution in [1.82, 2.24) is 0 Å². The largest absolute Gasteiger partial charge is 0.545 e. The predicted molar refractivity (Wildman–Crippen MR) is 129 cm³/mol. The molecule has 3 aromatic rings. The second-order valence-electron chi connectivity index (χ2n) is 8.60. The standard InChI is InChI=1S/C26H22F4N2O5S/c1-2-15-5-3-7-22(23(15)26(28,29)30)38(36,37)32-12-4-6-16-8-9-17(13-21(16)32)24(33)31-18-10-11-19(25(34)35)20(27)14-18/h3,5,7-11,13-14H,2,4,6,12H2,1H3,(H,31,33)(H,34,35)/p-1. The van der Waals surface area contributed by atoms with Crippen LogP contribution in [0, 0.1) is 5.82 Å². The molecule has 4 rings (SSSR count). The van der Waals surface area contributed by atoms with E-state index < -0.39 is 49.9 Å². The van der Waals surface area contributed by atoms with Crippen molar-refractivity contribution in [3.8, 4) is 0 Å². The van der Waals surface area contributed by atoms with Crippen LogP contribution in [0.3, 0.4) is 0 Å². The van der Waals surface area contributed by atoms with Crippen LogP contribution < -0.4 is 14.7 Å². The second-order valence-corrected chi connectivity index (χ2v) is 10.4. The first kappa shape index (κ1) is 27.1. The molecule has 12 heteroatoms. The van der Waals surface area contributed by atoms with E-state index in [9.17, 15) is 40.7 Å². The van der Waals surface area contributed by atoms with Crippen molar-refractivity contribution in [2.45, 2.75) is 37.3 Å². The molecule has 3 aromatic carbocycles. The molecule has 0 saturated carbocycles. The van der Waals surface area contributed by atoms with Gasteiger partial charge >= 0.3 is 6.18 Å². The van der Waals surface area contributed by atoms with E-state index in [4.69, 9.17) is 0 Å². The van der Waals surface area contributed by atoms with Crippen molar-refractivity contribution < 1.29 is 40.7 Å². The van der Waals surface area contributed by atoms with Gasteiger partial charge in [-0.05, 0) is 66.8 Å². The summed E-state index contributed by atoms with van der Waals surface area (Å²) in [6.45, 7) is 1.41. The predicted octanol–water partition coefficient (Wildman–Crippen LogP) is 4.16. The van der Waals surface area contributed by atoms with Gasteiger partial charge in [0.2, 0.25) is 0 Å². The molecule has 1 aliphatic rings. The van der Waals surface area contributed by atoms with E-state index in [1.54, 1.807) is 0 Å². The molecular formula is C26H21F4N2O5S-. The van der Waals surface area contributed by atoms with Crippen molar-refractivity contribution in [3.05, 3.63) is 88.2 Å². The first-order valence-electron chi connectivity index (χ1n) is 11.5. The molecule has 0 radical (unpaired) electrons. The Morgan fingerprint density at radius 3 is 2.45 bits per heavy atom. The van der Waals surface area contributed by atoms with Crippen LogP contribution in [0.15, 0.2) is 59.5 Å². The van der Waals surface area contributed by atoms with Crippen molar-refractivity contribution in [1.29, 1.82) is 0 Å². The molecule has 1 aliphatic heterocycles. The van der Waals surface area contributed by atoms with E-state index in [-0.39, 0.29) is 35.5 Å². The maximum Gasteiger partial charge on any atom is 0.418 e. The number of nitrogens with one attached hydrogen (secondary N) is 1. The lowest BCUT2D eigenvalue weighted by Gasteiger charge is -2.32. The number of fused-ring (bicyclic) bond motifs is 1. The molecule has 0 aliphatic carbocycles. The molecular weight excluding hydrogens is 528 g/mol. The first-order chi connectivity index (χ1) is 17.8. The number of nitrogens with zero attached hydrogens (tertiary/aromatic N) is 1. The minimum absolute atomic E-state index is 0.0241. The van der Waals surface area contributed by atoms with Crippen molar-refractivity contribution in [2.75, 3.05) is 16.2 Å². The highest BCUT2D eigenvalue weighted by atomic mass is 32.2. The lowest BCUT2D eigenvalue weighted by molar-refractivity contribution is -0.255. The van der Waals surface area contributed by atoms with Gasteiger partial charge in [-0.25, -0.2) is 12.8 Å². The molecule has 1 heterocycles. The fraction of sp³-hybridized carbons (Fsp3) is 0.231. The van der Waals surface area contributed by atoms with Gasteiger partial charge in [0, 0.05) is 23.4 Å². The summed E-state index contributed by atoms with van der Waals surface area (Å²) in [5.74, 6) is -3.62. The van der Waals surface area contributed by atoms with Crippen LogP contribution in [0.4, 0.5) is 28.9 Å². The lowest BCUT2D eigenvalue weighted by Crippen LogP contribution is -2.37. The van der Waals surface area contributed by atoms with Crippen molar-refractivity contribution >= 4 is 33.3 Å². The Kier molecular flexibility index (Phi) is 7.20. The van der Waals surface area contributed by atoms with Crippen LogP contribution in [-0.2, 0) is 29.0 Å². The van der Waals surface area contributed by atoms with Gasteiger partial charge in [-0.3, -0.25) is 9.10 Å². The number of carbonyl (C=O) groups is 2. The van der Waals surface area contributed by atoms with Crippen molar-refractivity contribution in [3.63, 3.8) is 0 Å². The SMILES string of the molecule is CCc1cccc(S(=O)(=O)N2CCCc3ccc(C(=O)Nc4ccc(C(=O)[O-])c(F)c4)cc32)c1C(F)(F)F. The van der Waals surface area contributed by atoms with E-state index in [1.165, 1.54) is 37.3 Å². The highest BCUT2D eigenvalue weighted by Crippen LogP contribution is 2.40. The molecule has 7 nitrogen and oxygen atoms in total. The topological polar surface area (TPSA) is 107 Å². The number of benzene rings is 3. The fourth-order valence-electron chi connectivity index (χ4n) is 4.42. The van der Waals surface area contributed by atoms with Crippen LogP contribution in [0.25, 0.3) is 0 Å². The molecule has 0 bridgehead atoms. The quantitative estimate of drug-likeness (QED) is 0.465. The van der Waals surface area contributed by atoms with Crippen LogP contribution >= 0.6 is 0 Å². The third-order valence-electron chi connectivity index (χ3n) is 6.22. The molecule has 0 saturated heterocycles. The summed E-state index contributed by atoms with van der Waals surface area (Å²) < 4.78 is 84.0. The van der Waals surface area contributed by atoms with Gasteiger partial charge in [0.15, 0.2) is 0 Å². The third-order valence-corrected chi connectivity index (χ3v) is 8.07. The number of carboxylic acid groups (broad SMARTS) is 1. The summed E-state index contributed by atoms with van der Waals surface area (Å²) in [5, 5.41) is 13.3. The molecule has 0 atom stereocenters. The van der Waals surface area contributed by atoms with E-state index in [1.807, 2.05) is 0 Å². The van der Waals surface area contributed by atoms with E-state index in [2.05, 4.69) is 5.32 Å². The van der Waals surface area contributed by atoms with E-state index >= 15 is 0 Å². The minimum atomic E-state index is -4.91. The number of amides is 1. The Balaban J connectivity index is 1.72. The monoisotopic (exact) mass is 549 g/mol. The first-order valence-corrected chi connectivity index (χ1v) is 13.0. The maximum atomic E-state index is 14.0. The normalized spacial score (nSPS) is 13.7. The number of hydrogen-bond donors (Lipinski definition) is 1. The Morgan fingerprint density at radius 2 is 1.82 bits per heavy atom. The number of halogens is 4. The van der Waals surface area contributed by atoms with Gasteiger partial charge in [-0.15, -0.1) is 0 Å². The van der Waals surface area contributed by atoms with Gasteiger partial charge in [0.1, 0.15) is 10.7 Å². The smallest absolute Gasteiger partial charge is 0.418 e. The summed E-state index contributed by atoms with van der Waals surface area (Å²) >= 11 is 0. The summed E-state index contributed by atoms with van der Waals surface area (Å²) in [4.78, 5) is 22.9. The average molecular weight is 550 g/mol. The fourth-order valence-corrected chi connectivity index (χ4v) is 6.21. The number of aromatic carboxylic acids is 1. The summed E-state index contributed by atoms with van der Waals surface area (Å²) in [7, 11) is -4.67. The molecule has 0 spiro atoms. The zero-order valence-corrected chi connectivity index (χ0v) is 20.7. The molecule has 0 fully saturated rings. The number of aryl methyl sites for hydroxylation is 2. The van der Waals surface area contributed by atoms with Crippen molar-refractivity contribution in [2.24, 2.45) is 0 Å². The van der Waals surface area contributed by atoms with Crippen LogP contribution in [-0.4, -0.2) is 26.8 Å². The van der Waals surface area contributed by atoms with Gasteiger partial charge in [-0.1, -0.05) is 25.1 Å². The zero-order chi connectivity index (χ0) is 27.8. The molecule has 0 aromatic heterocycles. The van der Waals surface area contributed by atoms with Gasteiger partial charge in [0.25, 0.3) is 15.9 Å². The van der Waals surface area contributed by atoms with Gasteiger partial charge < -0.3 is 15.2 Å². The highest BCUT2D eigenvalue weighted by Gasteiger charge is 2.41. The molecule has 200 valence electrons. The minimum Gasteiger partial charge on any atom is -0.545 e. The van der Waals surface area contributed by atoms with Gasteiger partial charge in [-0.2, -0.15) is 13.2 Å². The van der Waals surface area contributed by atoms with Crippen LogP contribution in [0.1, 0.15) is 50.8 Å². The molecule has 38 heavy (non-hydrogen) atoms. The molecule has 1 amide bonds. The number of sulfonamides is 1. The average Bonchev–Trinajstić information content (AvgIpc) is 2.86. The summed E-state index contributed by atoms with van der Waals surface area (Å²) in [5.41, 5.74) is -1.56. The van der Waals surface area contributed by atoms with Crippen LogP contribution in [0.5, 0.6) is 0 Å². The Morgan fingerprint density at radius 1 is 1.08 bits per heavy atom. The Bertz CT molecular complexity index is 1540. The Hall–Kier alpha value is -3.93. The number of carboxylic acids is 1. The Labute approximate surface area is 215 Å². The van der Waals surface area contributed by atoms with Crippen LogP contribution in [0.2, 0.25) is 0 Å². The highest BCUT2D eigenvalue weighted by molar-refractivity contribution is 7.92. The van der Waals surface area contributed by atoms with E-state index in [0.717, 1.165) is 28.6 Å². The maximum absolute atomic E-state index is 14.0. The number of carbonyl (C=O) groups excluding carboxylic acids is 2. The summed E-state index contributed by atoms with van der Waals surface area (Å²) in [6, 6.07) is 10.5. The number of hydrogen-bond acceptors (Lipinski definition) is 5. The van der Waals surface area contributed by atoms with Gasteiger partial charge in [0.05, 0.1) is 17.2 Å². The lowest BCUT2D eigenvalue weighted by atomic mass is 10.0. The summed E-state index contributed by atoms with van der Waals surface area (Å²) in [6.07, 6.45) is -4.13. The number of alkyl halides is 3. The zero-order valence-electron chi connectivity index (χ0n) is 19.9. The number of anilines is 2. The third kappa shape index (κ3) is 5.08. The second kappa shape index (κ2) is 10.1. The number of rotatable bonds is 6. The van der Waals surface area contributed by atoms with E-state index in [0.29, 0.717) is 18.4 Å². The molecule has 0 unspecified atom stereocenters.